The third-order valence-corrected chi connectivity index (χ3v) is 2.56. The number of ether oxygens (including phenoxy) is 4. The molecule has 8 heteroatoms. The SMILES string of the molecule is CC(=O)O[C@H]([C@@H](OC(C)=O)[C@@H](C)OC(C)=O)[C@@H](C)OC(C)=O. The third kappa shape index (κ3) is 7.61. The van der Waals surface area contributed by atoms with Gasteiger partial charge in [-0.1, -0.05) is 0 Å². The number of hydrogen-bond acceptors (Lipinski definition) is 8. The van der Waals surface area contributed by atoms with Gasteiger partial charge in [0.1, 0.15) is 12.2 Å². The Hall–Kier alpha value is -2.12. The van der Waals surface area contributed by atoms with Crippen LogP contribution in [0, 0.1) is 0 Å². The second-order valence-electron chi connectivity index (χ2n) is 4.78. The van der Waals surface area contributed by atoms with Crippen LogP contribution in [0.15, 0.2) is 0 Å². The van der Waals surface area contributed by atoms with Gasteiger partial charge >= 0.3 is 23.9 Å². The summed E-state index contributed by atoms with van der Waals surface area (Å²) < 4.78 is 20.2. The first kappa shape index (κ1) is 19.9. The maximum absolute atomic E-state index is 11.3. The summed E-state index contributed by atoms with van der Waals surface area (Å²) in [5.41, 5.74) is 0. The minimum absolute atomic E-state index is 0.591. The fraction of sp³-hybridized carbons (Fsp3) is 0.714. The maximum Gasteiger partial charge on any atom is 0.303 e. The molecule has 0 N–H and O–H groups in total. The van der Waals surface area contributed by atoms with Crippen molar-refractivity contribution in [1.29, 1.82) is 0 Å². The highest BCUT2D eigenvalue weighted by atomic mass is 16.6. The van der Waals surface area contributed by atoms with Crippen molar-refractivity contribution in [3.05, 3.63) is 0 Å². The smallest absolute Gasteiger partial charge is 0.303 e. The van der Waals surface area contributed by atoms with Crippen LogP contribution >= 0.6 is 0 Å². The normalized spacial score (nSPS) is 15.7. The van der Waals surface area contributed by atoms with Gasteiger partial charge in [-0.15, -0.1) is 0 Å². The quantitative estimate of drug-likeness (QED) is 0.500. The zero-order chi connectivity index (χ0) is 17.4. The molecular weight excluding hydrogens is 296 g/mol. The molecule has 0 heterocycles. The molecule has 0 aromatic heterocycles. The molecular formula is C14H22O8. The first-order valence-electron chi connectivity index (χ1n) is 6.73. The molecule has 0 aliphatic rings. The molecule has 0 fully saturated rings. The van der Waals surface area contributed by atoms with Crippen LogP contribution < -0.4 is 0 Å². The van der Waals surface area contributed by atoms with Crippen LogP contribution in [0.4, 0.5) is 0 Å². The van der Waals surface area contributed by atoms with E-state index >= 15 is 0 Å². The van der Waals surface area contributed by atoms with Crippen molar-refractivity contribution >= 4 is 23.9 Å². The average Bonchev–Trinajstić information content (AvgIpc) is 2.30. The second kappa shape index (κ2) is 9.01. The van der Waals surface area contributed by atoms with Gasteiger partial charge in [0, 0.05) is 27.7 Å². The summed E-state index contributed by atoms with van der Waals surface area (Å²) in [7, 11) is 0. The lowest BCUT2D eigenvalue weighted by Crippen LogP contribution is -2.49. The molecule has 0 aromatic rings. The highest BCUT2D eigenvalue weighted by Gasteiger charge is 2.39. The number of carbonyl (C=O) groups excluding carboxylic acids is 4. The van der Waals surface area contributed by atoms with Gasteiger partial charge < -0.3 is 18.9 Å². The first-order chi connectivity index (χ1) is 10.0. The molecule has 0 unspecified atom stereocenters. The summed E-state index contributed by atoms with van der Waals surface area (Å²) in [5.74, 6) is -2.50. The summed E-state index contributed by atoms with van der Waals surface area (Å²) in [4.78, 5) is 44.7. The molecule has 0 saturated heterocycles. The van der Waals surface area contributed by atoms with Gasteiger partial charge in [-0.3, -0.25) is 19.2 Å². The monoisotopic (exact) mass is 318 g/mol. The Bertz CT molecular complexity index is 391. The van der Waals surface area contributed by atoms with E-state index in [4.69, 9.17) is 18.9 Å². The molecule has 22 heavy (non-hydrogen) atoms. The van der Waals surface area contributed by atoms with Crippen LogP contribution in [-0.4, -0.2) is 48.3 Å². The molecule has 0 rings (SSSR count). The van der Waals surface area contributed by atoms with Gasteiger partial charge in [0.2, 0.25) is 0 Å². The lowest BCUT2D eigenvalue weighted by atomic mass is 10.0. The highest BCUT2D eigenvalue weighted by Crippen LogP contribution is 2.18. The average molecular weight is 318 g/mol. The highest BCUT2D eigenvalue weighted by molar-refractivity contribution is 5.68. The van der Waals surface area contributed by atoms with Crippen molar-refractivity contribution in [2.45, 2.75) is 66.0 Å². The minimum Gasteiger partial charge on any atom is -0.459 e. The van der Waals surface area contributed by atoms with E-state index in [1.807, 2.05) is 0 Å². The summed E-state index contributed by atoms with van der Waals surface area (Å²) >= 11 is 0. The standard InChI is InChI=1S/C14H22O8/c1-7(19-9(3)15)13(21-11(5)17)14(22-12(6)18)8(2)20-10(4)16/h7-8,13-14H,1-6H3/t7-,8-,13+,14+/m1/s1. The fourth-order valence-corrected chi connectivity index (χ4v) is 1.90. The van der Waals surface area contributed by atoms with E-state index in [2.05, 4.69) is 0 Å². The van der Waals surface area contributed by atoms with Crippen molar-refractivity contribution in [3.63, 3.8) is 0 Å². The first-order valence-corrected chi connectivity index (χ1v) is 6.73. The van der Waals surface area contributed by atoms with Crippen molar-refractivity contribution in [1.82, 2.24) is 0 Å². The molecule has 0 spiro atoms. The zero-order valence-corrected chi connectivity index (χ0v) is 13.6. The van der Waals surface area contributed by atoms with E-state index in [0.717, 1.165) is 13.8 Å². The van der Waals surface area contributed by atoms with Crippen molar-refractivity contribution in [2.24, 2.45) is 0 Å². The number of hydrogen-bond donors (Lipinski definition) is 0. The maximum atomic E-state index is 11.3. The van der Waals surface area contributed by atoms with Gasteiger partial charge in [0.05, 0.1) is 0 Å². The van der Waals surface area contributed by atoms with Crippen LogP contribution in [0.25, 0.3) is 0 Å². The van der Waals surface area contributed by atoms with Gasteiger partial charge in [0.25, 0.3) is 0 Å². The minimum atomic E-state index is -1.11. The molecule has 8 nitrogen and oxygen atoms in total. The van der Waals surface area contributed by atoms with Crippen LogP contribution in [0.2, 0.25) is 0 Å². The van der Waals surface area contributed by atoms with E-state index < -0.39 is 48.3 Å². The lowest BCUT2D eigenvalue weighted by Gasteiger charge is -2.33. The van der Waals surface area contributed by atoms with E-state index in [1.165, 1.54) is 27.7 Å². The van der Waals surface area contributed by atoms with Crippen LogP contribution in [0.5, 0.6) is 0 Å². The molecule has 4 atom stereocenters. The van der Waals surface area contributed by atoms with Crippen LogP contribution in [-0.2, 0) is 38.1 Å². The summed E-state index contributed by atoms with van der Waals surface area (Å²) in [6.07, 6.45) is -4.02. The Balaban J connectivity index is 5.39. The molecule has 126 valence electrons. The van der Waals surface area contributed by atoms with E-state index in [1.54, 1.807) is 0 Å². The Labute approximate surface area is 129 Å². The molecule has 0 bridgehead atoms. The molecule has 0 radical (unpaired) electrons. The Kier molecular flexibility index (Phi) is 8.14. The third-order valence-electron chi connectivity index (χ3n) is 2.56. The Morgan fingerprint density at radius 1 is 0.545 bits per heavy atom. The summed E-state index contributed by atoms with van der Waals surface area (Å²) in [5, 5.41) is 0. The van der Waals surface area contributed by atoms with E-state index in [-0.39, 0.29) is 0 Å². The number of esters is 4. The van der Waals surface area contributed by atoms with Crippen molar-refractivity contribution in [3.8, 4) is 0 Å². The van der Waals surface area contributed by atoms with E-state index in [0.29, 0.717) is 0 Å². The molecule has 0 aliphatic carbocycles. The van der Waals surface area contributed by atoms with Crippen molar-refractivity contribution in [2.75, 3.05) is 0 Å². The zero-order valence-electron chi connectivity index (χ0n) is 13.6. The van der Waals surface area contributed by atoms with Gasteiger partial charge in [-0.05, 0) is 13.8 Å². The van der Waals surface area contributed by atoms with Crippen LogP contribution in [0.3, 0.4) is 0 Å². The Morgan fingerprint density at radius 3 is 0.955 bits per heavy atom. The van der Waals surface area contributed by atoms with Crippen molar-refractivity contribution < 1.29 is 38.1 Å². The second-order valence-corrected chi connectivity index (χ2v) is 4.78. The Morgan fingerprint density at radius 2 is 0.773 bits per heavy atom. The number of rotatable bonds is 7. The summed E-state index contributed by atoms with van der Waals surface area (Å²) in [6, 6.07) is 0. The molecule has 0 aliphatic heterocycles. The summed E-state index contributed by atoms with van der Waals surface area (Å²) in [6.45, 7) is 7.66. The predicted molar refractivity (Wildman–Crippen MR) is 73.6 cm³/mol. The predicted octanol–water partition coefficient (Wildman–Crippen LogP) is 0.753. The van der Waals surface area contributed by atoms with E-state index in [9.17, 15) is 19.2 Å². The molecule has 0 saturated carbocycles. The molecule has 0 aromatic carbocycles. The van der Waals surface area contributed by atoms with Gasteiger partial charge in [-0.25, -0.2) is 0 Å². The van der Waals surface area contributed by atoms with Gasteiger partial charge in [-0.2, -0.15) is 0 Å². The largest absolute Gasteiger partial charge is 0.459 e. The topological polar surface area (TPSA) is 105 Å². The van der Waals surface area contributed by atoms with Crippen LogP contribution in [0.1, 0.15) is 41.5 Å². The lowest BCUT2D eigenvalue weighted by molar-refractivity contribution is -0.195. The fourth-order valence-electron chi connectivity index (χ4n) is 1.90. The van der Waals surface area contributed by atoms with Gasteiger partial charge in [0.15, 0.2) is 12.2 Å². The molecule has 0 amide bonds. The number of carbonyl (C=O) groups is 4.